The molecule has 5 nitrogen and oxygen atoms in total. The number of hydrogen-bond donors (Lipinski definition) is 1. The minimum absolute atomic E-state index is 0.167. The molecule has 1 aliphatic rings. The molecule has 0 aromatic carbocycles. The van der Waals surface area contributed by atoms with Crippen molar-refractivity contribution in [1.29, 1.82) is 0 Å². The molecule has 0 bridgehead atoms. The average Bonchev–Trinajstić information content (AvgIpc) is 2.76. The molecule has 0 aromatic heterocycles. The highest BCUT2D eigenvalue weighted by Gasteiger charge is 2.28. The highest BCUT2D eigenvalue weighted by molar-refractivity contribution is 5.75. The summed E-state index contributed by atoms with van der Waals surface area (Å²) in [5, 5.41) is 3.17. The molecule has 1 saturated heterocycles. The first-order valence-corrected chi connectivity index (χ1v) is 6.28. The molecule has 17 heavy (non-hydrogen) atoms. The van der Waals surface area contributed by atoms with E-state index >= 15 is 0 Å². The summed E-state index contributed by atoms with van der Waals surface area (Å²) in [6.07, 6.45) is 1.17. The summed E-state index contributed by atoms with van der Waals surface area (Å²) >= 11 is 0. The Morgan fingerprint density at radius 1 is 1.59 bits per heavy atom. The van der Waals surface area contributed by atoms with Crippen LogP contribution in [0.4, 0.5) is 0 Å². The number of nitrogens with zero attached hydrogens (tertiary/aromatic N) is 2. The normalized spacial score (nSPS) is 23.0. The van der Waals surface area contributed by atoms with E-state index < -0.39 is 0 Å². The van der Waals surface area contributed by atoms with Crippen molar-refractivity contribution in [2.75, 3.05) is 47.4 Å². The van der Waals surface area contributed by atoms with E-state index in [-0.39, 0.29) is 12.0 Å². The number of rotatable bonds is 6. The smallest absolute Gasteiger partial charge is 0.324 e. The topological polar surface area (TPSA) is 44.8 Å². The molecule has 1 aliphatic heterocycles. The van der Waals surface area contributed by atoms with Crippen LogP contribution < -0.4 is 5.32 Å². The molecule has 1 N–H and O–H groups in total. The zero-order valence-corrected chi connectivity index (χ0v) is 11.4. The number of methoxy groups -OCH3 is 1. The number of carbonyl (C=O) groups excluding carboxylic acids is 1. The van der Waals surface area contributed by atoms with Gasteiger partial charge in [-0.1, -0.05) is 6.92 Å². The highest BCUT2D eigenvalue weighted by atomic mass is 16.5. The van der Waals surface area contributed by atoms with Gasteiger partial charge in [0.15, 0.2) is 0 Å². The van der Waals surface area contributed by atoms with Crippen LogP contribution in [0.1, 0.15) is 13.3 Å². The van der Waals surface area contributed by atoms with Crippen LogP contribution >= 0.6 is 0 Å². The lowest BCUT2D eigenvalue weighted by atomic mass is 10.2. The van der Waals surface area contributed by atoms with E-state index in [2.05, 4.69) is 29.2 Å². The maximum absolute atomic E-state index is 11.6. The number of likely N-dealkylation sites (N-methyl/N-ethyl adjacent to an activating group) is 2. The van der Waals surface area contributed by atoms with Crippen molar-refractivity contribution in [2.24, 2.45) is 0 Å². The molecule has 1 fully saturated rings. The molecule has 100 valence electrons. The number of esters is 1. The summed E-state index contributed by atoms with van der Waals surface area (Å²) in [6.45, 7) is 5.62. The maximum atomic E-state index is 11.6. The number of hydrogen-bond acceptors (Lipinski definition) is 5. The molecule has 0 radical (unpaired) electrons. The zero-order chi connectivity index (χ0) is 12.8. The Balaban J connectivity index is 2.43. The number of ether oxygens (including phenoxy) is 1. The van der Waals surface area contributed by atoms with Gasteiger partial charge in [-0.25, -0.2) is 0 Å². The Morgan fingerprint density at radius 2 is 2.29 bits per heavy atom. The van der Waals surface area contributed by atoms with Gasteiger partial charge in [0.25, 0.3) is 0 Å². The average molecular weight is 243 g/mol. The van der Waals surface area contributed by atoms with Gasteiger partial charge in [-0.05, 0) is 33.6 Å². The Kier molecular flexibility index (Phi) is 5.88. The van der Waals surface area contributed by atoms with E-state index in [0.29, 0.717) is 6.04 Å². The summed E-state index contributed by atoms with van der Waals surface area (Å²) in [4.78, 5) is 16.2. The van der Waals surface area contributed by atoms with Crippen LogP contribution in [-0.2, 0) is 9.53 Å². The second-order valence-electron chi connectivity index (χ2n) is 4.80. The lowest BCUT2D eigenvalue weighted by Gasteiger charge is -2.24. The fourth-order valence-electron chi connectivity index (χ4n) is 2.27. The minimum atomic E-state index is -0.203. The van der Waals surface area contributed by atoms with Crippen molar-refractivity contribution < 1.29 is 9.53 Å². The Labute approximate surface area is 104 Å². The van der Waals surface area contributed by atoms with Gasteiger partial charge in [-0.15, -0.1) is 0 Å². The van der Waals surface area contributed by atoms with E-state index in [0.717, 1.165) is 26.2 Å². The van der Waals surface area contributed by atoms with Gasteiger partial charge in [0.1, 0.15) is 6.04 Å². The fourth-order valence-corrected chi connectivity index (χ4v) is 2.27. The van der Waals surface area contributed by atoms with Crippen molar-refractivity contribution in [3.63, 3.8) is 0 Å². The van der Waals surface area contributed by atoms with Crippen LogP contribution in [0.5, 0.6) is 0 Å². The Morgan fingerprint density at radius 3 is 2.76 bits per heavy atom. The second-order valence-corrected chi connectivity index (χ2v) is 4.80. The molecule has 2 unspecified atom stereocenters. The molecular weight excluding hydrogens is 218 g/mol. The summed E-state index contributed by atoms with van der Waals surface area (Å²) in [5.41, 5.74) is 0. The van der Waals surface area contributed by atoms with Gasteiger partial charge >= 0.3 is 5.97 Å². The van der Waals surface area contributed by atoms with Gasteiger partial charge < -0.3 is 15.0 Å². The minimum Gasteiger partial charge on any atom is -0.468 e. The molecule has 2 atom stereocenters. The van der Waals surface area contributed by atoms with Gasteiger partial charge in [-0.3, -0.25) is 9.69 Å². The van der Waals surface area contributed by atoms with E-state index in [1.165, 1.54) is 13.5 Å². The van der Waals surface area contributed by atoms with Gasteiger partial charge in [0.05, 0.1) is 7.11 Å². The summed E-state index contributed by atoms with van der Waals surface area (Å²) < 4.78 is 4.81. The molecule has 1 rings (SSSR count). The van der Waals surface area contributed by atoms with Crippen molar-refractivity contribution in [1.82, 2.24) is 15.1 Å². The summed E-state index contributed by atoms with van der Waals surface area (Å²) in [6, 6.07) is 0.404. The van der Waals surface area contributed by atoms with E-state index in [4.69, 9.17) is 4.74 Å². The first-order valence-electron chi connectivity index (χ1n) is 6.28. The zero-order valence-electron chi connectivity index (χ0n) is 11.4. The van der Waals surface area contributed by atoms with Crippen molar-refractivity contribution >= 4 is 5.97 Å². The van der Waals surface area contributed by atoms with Crippen LogP contribution in [0, 0.1) is 0 Å². The van der Waals surface area contributed by atoms with Crippen LogP contribution in [0.25, 0.3) is 0 Å². The molecular formula is C12H25N3O2. The Hall–Kier alpha value is -0.650. The quantitative estimate of drug-likeness (QED) is 0.653. The summed E-state index contributed by atoms with van der Waals surface area (Å²) in [5.74, 6) is -0.167. The molecule has 0 aliphatic carbocycles. The molecule has 5 heteroatoms. The van der Waals surface area contributed by atoms with Gasteiger partial charge in [0, 0.05) is 19.1 Å². The van der Waals surface area contributed by atoms with Crippen molar-refractivity contribution in [3.05, 3.63) is 0 Å². The lowest BCUT2D eigenvalue weighted by Crippen LogP contribution is -2.46. The van der Waals surface area contributed by atoms with Crippen LogP contribution in [0.2, 0.25) is 0 Å². The van der Waals surface area contributed by atoms with E-state index in [1.807, 2.05) is 6.92 Å². The Bertz CT molecular complexity index is 246. The second kappa shape index (κ2) is 6.93. The number of likely N-dealkylation sites (tertiary alicyclic amines) is 1. The third kappa shape index (κ3) is 4.26. The SMILES string of the molecule is CCNC(CN1CCC(N(C)C)C1)C(=O)OC. The van der Waals surface area contributed by atoms with Crippen molar-refractivity contribution in [3.8, 4) is 0 Å². The monoisotopic (exact) mass is 243 g/mol. The van der Waals surface area contributed by atoms with Crippen LogP contribution in [-0.4, -0.2) is 75.2 Å². The predicted molar refractivity (Wildman–Crippen MR) is 68.0 cm³/mol. The molecule has 0 saturated carbocycles. The number of carbonyl (C=O) groups is 1. The molecule has 0 spiro atoms. The lowest BCUT2D eigenvalue weighted by molar-refractivity contribution is -0.143. The number of nitrogens with one attached hydrogen (secondary N) is 1. The van der Waals surface area contributed by atoms with Gasteiger partial charge in [0.2, 0.25) is 0 Å². The molecule has 0 aromatic rings. The predicted octanol–water partition coefficient (Wildman–Crippen LogP) is -0.227. The third-order valence-electron chi connectivity index (χ3n) is 3.35. The van der Waals surface area contributed by atoms with Crippen molar-refractivity contribution in [2.45, 2.75) is 25.4 Å². The third-order valence-corrected chi connectivity index (χ3v) is 3.35. The van der Waals surface area contributed by atoms with Crippen LogP contribution in [0.3, 0.4) is 0 Å². The summed E-state index contributed by atoms with van der Waals surface area (Å²) in [7, 11) is 5.66. The van der Waals surface area contributed by atoms with Gasteiger partial charge in [-0.2, -0.15) is 0 Å². The van der Waals surface area contributed by atoms with E-state index in [1.54, 1.807) is 0 Å². The maximum Gasteiger partial charge on any atom is 0.324 e. The fraction of sp³-hybridized carbons (Fsp3) is 0.917. The first-order chi connectivity index (χ1) is 8.08. The largest absolute Gasteiger partial charge is 0.468 e. The highest BCUT2D eigenvalue weighted by Crippen LogP contribution is 2.13. The molecule has 0 amide bonds. The first kappa shape index (κ1) is 14.4. The molecule has 1 heterocycles. The van der Waals surface area contributed by atoms with E-state index in [9.17, 15) is 4.79 Å². The standard InChI is InChI=1S/C12H25N3O2/c1-5-13-11(12(16)17-4)9-15-7-6-10(8-15)14(2)3/h10-11,13H,5-9H2,1-4H3. The van der Waals surface area contributed by atoms with Crippen LogP contribution in [0.15, 0.2) is 0 Å².